The fourth-order valence-corrected chi connectivity index (χ4v) is 4.23. The molecule has 0 aliphatic rings. The van der Waals surface area contributed by atoms with Gasteiger partial charge in [0, 0.05) is 17.9 Å². The van der Waals surface area contributed by atoms with Crippen molar-refractivity contribution in [3.63, 3.8) is 0 Å². The Morgan fingerprint density at radius 3 is 1.34 bits per heavy atom. The van der Waals surface area contributed by atoms with E-state index in [-0.39, 0.29) is 36.6 Å². The van der Waals surface area contributed by atoms with Crippen LogP contribution >= 0.6 is 0 Å². The molecular weight excluding hydrogens is 580 g/mol. The lowest BCUT2D eigenvalue weighted by molar-refractivity contribution is 0.481. The van der Waals surface area contributed by atoms with Gasteiger partial charge >= 0.3 is 0 Å². The number of nitrogens with one attached hydrogen (secondary N) is 3. The predicted molar refractivity (Wildman–Crippen MR) is 170 cm³/mol. The second kappa shape index (κ2) is 14.5. The highest BCUT2D eigenvalue weighted by Crippen LogP contribution is 2.24. The van der Waals surface area contributed by atoms with Crippen LogP contribution in [0.15, 0.2) is 130 Å². The van der Waals surface area contributed by atoms with Crippen molar-refractivity contribution in [3.05, 3.63) is 109 Å². The normalized spacial score (nSPS) is 11.6. The van der Waals surface area contributed by atoms with E-state index in [2.05, 4.69) is 51.4 Å². The van der Waals surface area contributed by atoms with Gasteiger partial charge in [-0.05, 0) is 79.2 Å². The highest BCUT2D eigenvalue weighted by Gasteiger charge is 2.09. The molecule has 222 valence electrons. The van der Waals surface area contributed by atoms with Gasteiger partial charge in [-0.3, -0.25) is 4.55 Å². The molecule has 0 fully saturated rings. The molecule has 5 aromatic rings. The number of rotatable bonds is 13. The topological polar surface area (TPSA) is 179 Å². The predicted octanol–water partition coefficient (Wildman–Crippen LogP) is 7.88. The minimum atomic E-state index is -4.07. The number of azo groups is 2. The van der Waals surface area contributed by atoms with E-state index in [1.165, 1.54) is 0 Å². The highest BCUT2D eigenvalue weighted by molar-refractivity contribution is 7.85. The van der Waals surface area contributed by atoms with E-state index in [1.54, 1.807) is 24.3 Å². The molecule has 4 N–H and O–H groups in total. The van der Waals surface area contributed by atoms with Gasteiger partial charge in [-0.2, -0.15) is 43.8 Å². The third kappa shape index (κ3) is 9.75. The number of hydrogen-bond donors (Lipinski definition) is 4. The molecule has 1 aromatic heterocycles. The van der Waals surface area contributed by atoms with Gasteiger partial charge in [0.1, 0.15) is 0 Å². The van der Waals surface area contributed by atoms with Crippen LogP contribution in [0.25, 0.3) is 0 Å². The standard InChI is InChI=1S/C30H28N10O3S/c41-44(42,43)21-7-20-31-28-34-29(32-22-12-16-26(17-13-22)39-37-24-8-3-1-4-9-24)36-30(35-28)33-23-14-18-27(19-15-23)40-38-25-10-5-2-6-11-25/h1-6,8-19H,7,20-21H2,(H,41,42,43)(H3,31,32,33,34,35,36)/b39-37+,40-38+. The summed E-state index contributed by atoms with van der Waals surface area (Å²) in [5.41, 5.74) is 4.25. The average molecular weight is 609 g/mol. The molecule has 0 spiro atoms. The second-order valence-electron chi connectivity index (χ2n) is 9.29. The molecule has 0 unspecified atom stereocenters. The van der Waals surface area contributed by atoms with Gasteiger partial charge in [-0.25, -0.2) is 0 Å². The Bertz CT molecular complexity index is 1710. The van der Waals surface area contributed by atoms with Crippen molar-refractivity contribution >= 4 is 62.1 Å². The Labute approximate surface area is 254 Å². The molecule has 0 saturated heterocycles. The Balaban J connectivity index is 1.29. The van der Waals surface area contributed by atoms with Crippen molar-refractivity contribution < 1.29 is 13.0 Å². The van der Waals surface area contributed by atoms with E-state index in [0.29, 0.717) is 22.7 Å². The fraction of sp³-hybridized carbons (Fsp3) is 0.100. The van der Waals surface area contributed by atoms with Crippen molar-refractivity contribution in [1.29, 1.82) is 0 Å². The third-order valence-electron chi connectivity index (χ3n) is 5.82. The van der Waals surface area contributed by atoms with Gasteiger partial charge < -0.3 is 16.0 Å². The molecule has 1 heterocycles. The van der Waals surface area contributed by atoms with E-state index < -0.39 is 10.1 Å². The summed E-state index contributed by atoms with van der Waals surface area (Å²) in [6.45, 7) is 0.213. The van der Waals surface area contributed by atoms with Gasteiger partial charge in [-0.15, -0.1) is 0 Å². The van der Waals surface area contributed by atoms with E-state index >= 15 is 0 Å². The molecule has 0 atom stereocenters. The van der Waals surface area contributed by atoms with E-state index in [9.17, 15) is 8.42 Å². The molecule has 0 aliphatic carbocycles. The van der Waals surface area contributed by atoms with Crippen LogP contribution in [0.3, 0.4) is 0 Å². The van der Waals surface area contributed by atoms with Gasteiger partial charge in [-0.1, -0.05) is 36.4 Å². The lowest BCUT2D eigenvalue weighted by atomic mass is 10.3. The number of hydrogen-bond acceptors (Lipinski definition) is 12. The zero-order valence-corrected chi connectivity index (χ0v) is 24.1. The zero-order chi connectivity index (χ0) is 30.6. The molecule has 4 aromatic carbocycles. The van der Waals surface area contributed by atoms with Crippen LogP contribution < -0.4 is 16.0 Å². The summed E-state index contributed by atoms with van der Waals surface area (Å²) < 4.78 is 31.2. The smallest absolute Gasteiger partial charge is 0.264 e. The first-order valence-electron chi connectivity index (χ1n) is 13.5. The van der Waals surface area contributed by atoms with Crippen molar-refractivity contribution in [1.82, 2.24) is 15.0 Å². The molecule has 0 aliphatic heterocycles. The summed E-state index contributed by atoms with van der Waals surface area (Å²) >= 11 is 0. The third-order valence-corrected chi connectivity index (χ3v) is 6.62. The SMILES string of the molecule is O=S(=O)(O)CCCNc1nc(Nc2ccc(/N=N/c3ccccc3)cc2)nc(Nc2ccc(/N=N/c3ccccc3)cc2)n1. The number of nitrogens with zero attached hydrogens (tertiary/aromatic N) is 7. The van der Waals surface area contributed by atoms with E-state index in [0.717, 1.165) is 11.4 Å². The number of aromatic nitrogens is 3. The zero-order valence-electron chi connectivity index (χ0n) is 23.3. The van der Waals surface area contributed by atoms with Gasteiger partial charge in [0.15, 0.2) is 0 Å². The van der Waals surface area contributed by atoms with Crippen LogP contribution in [0.2, 0.25) is 0 Å². The van der Waals surface area contributed by atoms with Gasteiger partial charge in [0.25, 0.3) is 10.1 Å². The van der Waals surface area contributed by atoms with Crippen molar-refractivity contribution in [2.45, 2.75) is 6.42 Å². The van der Waals surface area contributed by atoms with Crippen LogP contribution in [-0.2, 0) is 10.1 Å². The number of benzene rings is 4. The first-order chi connectivity index (χ1) is 21.4. The minimum absolute atomic E-state index is 0.161. The van der Waals surface area contributed by atoms with Crippen molar-refractivity contribution in [2.24, 2.45) is 20.5 Å². The Hall–Kier alpha value is -5.60. The molecule has 0 radical (unpaired) electrons. The maximum atomic E-state index is 11.1. The fourth-order valence-electron chi connectivity index (χ4n) is 3.72. The maximum Gasteiger partial charge on any atom is 0.264 e. The van der Waals surface area contributed by atoms with Crippen LogP contribution in [-0.4, -0.2) is 40.2 Å². The largest absolute Gasteiger partial charge is 0.354 e. The quantitative estimate of drug-likeness (QED) is 0.0587. The van der Waals surface area contributed by atoms with Crippen LogP contribution in [0.1, 0.15) is 6.42 Å². The molecule has 0 saturated carbocycles. The molecule has 0 bridgehead atoms. The summed E-state index contributed by atoms with van der Waals surface area (Å²) in [6.07, 6.45) is 0.161. The van der Waals surface area contributed by atoms with Crippen molar-refractivity contribution in [3.8, 4) is 0 Å². The van der Waals surface area contributed by atoms with Crippen LogP contribution in [0.4, 0.5) is 52.0 Å². The van der Waals surface area contributed by atoms with Crippen LogP contribution in [0, 0.1) is 0 Å². The summed E-state index contributed by atoms with van der Waals surface area (Å²) in [4.78, 5) is 13.3. The van der Waals surface area contributed by atoms with Gasteiger partial charge in [0.2, 0.25) is 17.8 Å². The monoisotopic (exact) mass is 608 g/mol. The first kappa shape index (κ1) is 29.9. The average Bonchev–Trinajstić information content (AvgIpc) is 3.03. The summed E-state index contributed by atoms with van der Waals surface area (Å²) in [5, 5.41) is 26.2. The molecule has 13 nitrogen and oxygen atoms in total. The molecule has 0 amide bonds. The van der Waals surface area contributed by atoms with Crippen LogP contribution in [0.5, 0.6) is 0 Å². The van der Waals surface area contributed by atoms with Gasteiger partial charge in [0.05, 0.1) is 28.5 Å². The van der Waals surface area contributed by atoms with E-state index in [4.69, 9.17) is 4.55 Å². The maximum absolute atomic E-state index is 11.1. The Kier molecular flexibility index (Phi) is 9.87. The molecule has 44 heavy (non-hydrogen) atoms. The highest BCUT2D eigenvalue weighted by atomic mass is 32.2. The lowest BCUT2D eigenvalue weighted by Crippen LogP contribution is -2.13. The minimum Gasteiger partial charge on any atom is -0.354 e. The second-order valence-corrected chi connectivity index (χ2v) is 10.9. The summed E-state index contributed by atoms with van der Waals surface area (Å²) in [6, 6.07) is 33.4. The first-order valence-corrected chi connectivity index (χ1v) is 15.1. The Morgan fingerprint density at radius 2 is 0.932 bits per heavy atom. The summed E-state index contributed by atoms with van der Waals surface area (Å²) in [7, 11) is -4.07. The van der Waals surface area contributed by atoms with Crippen molar-refractivity contribution in [2.75, 3.05) is 28.2 Å². The number of anilines is 5. The van der Waals surface area contributed by atoms with E-state index in [1.807, 2.05) is 84.9 Å². The molecule has 5 rings (SSSR count). The molecule has 14 heteroatoms. The molecular formula is C30H28N10O3S. The summed E-state index contributed by atoms with van der Waals surface area (Å²) in [5.74, 6) is 0.309. The lowest BCUT2D eigenvalue weighted by Gasteiger charge is -2.11. The Morgan fingerprint density at radius 1 is 0.545 bits per heavy atom.